The molecule has 0 heterocycles. The Balaban J connectivity index is 0.00000529. The highest BCUT2D eigenvalue weighted by molar-refractivity contribution is 14.0. The van der Waals surface area contributed by atoms with Crippen molar-refractivity contribution >= 4 is 40.0 Å². The molecule has 0 spiro atoms. The molecular formula is C15H27IN4O3S. The predicted molar refractivity (Wildman–Crippen MR) is 108 cm³/mol. The Morgan fingerprint density at radius 1 is 1.25 bits per heavy atom. The average Bonchev–Trinajstić information content (AvgIpc) is 2.54. The molecule has 1 rings (SSSR count). The lowest BCUT2D eigenvalue weighted by atomic mass is 10.1. The van der Waals surface area contributed by atoms with Gasteiger partial charge >= 0.3 is 0 Å². The van der Waals surface area contributed by atoms with Crippen LogP contribution in [0.5, 0.6) is 0 Å². The number of rotatable bonds is 9. The van der Waals surface area contributed by atoms with E-state index in [1.165, 1.54) is 7.05 Å². The normalized spacial score (nSPS) is 11.7. The highest BCUT2D eigenvalue weighted by Crippen LogP contribution is 2.08. The fourth-order valence-corrected chi connectivity index (χ4v) is 2.68. The number of benzene rings is 1. The molecule has 0 unspecified atom stereocenters. The first-order valence-corrected chi connectivity index (χ1v) is 9.17. The molecule has 0 amide bonds. The largest absolute Gasteiger partial charge is 0.380 e. The first-order valence-electron chi connectivity index (χ1n) is 7.52. The van der Waals surface area contributed by atoms with Gasteiger partial charge in [0, 0.05) is 26.7 Å². The quantitative estimate of drug-likeness (QED) is 0.217. The second kappa shape index (κ2) is 12.5. The monoisotopic (exact) mass is 470 g/mol. The minimum absolute atomic E-state index is 0. The molecule has 9 heteroatoms. The lowest BCUT2D eigenvalue weighted by Gasteiger charge is -2.12. The SMILES string of the molecule is CCOCCNC(=NC)NCc1cccc(CS(=O)(=O)NC)c1.I. The van der Waals surface area contributed by atoms with Crippen LogP contribution in [0.15, 0.2) is 29.3 Å². The predicted octanol–water partition coefficient (Wildman–Crippen LogP) is 1.06. The van der Waals surface area contributed by atoms with Gasteiger partial charge in [0.1, 0.15) is 0 Å². The summed E-state index contributed by atoms with van der Waals surface area (Å²) < 4.78 is 30.8. The van der Waals surface area contributed by atoms with Crippen LogP contribution in [0.25, 0.3) is 0 Å². The van der Waals surface area contributed by atoms with Gasteiger partial charge in [0.15, 0.2) is 5.96 Å². The van der Waals surface area contributed by atoms with Crippen LogP contribution in [-0.4, -0.2) is 48.2 Å². The summed E-state index contributed by atoms with van der Waals surface area (Å²) in [6.45, 7) is 4.49. The molecule has 0 atom stereocenters. The minimum Gasteiger partial charge on any atom is -0.380 e. The van der Waals surface area contributed by atoms with Crippen molar-refractivity contribution in [3.05, 3.63) is 35.4 Å². The van der Waals surface area contributed by atoms with E-state index in [9.17, 15) is 8.42 Å². The lowest BCUT2D eigenvalue weighted by molar-refractivity contribution is 0.152. The summed E-state index contributed by atoms with van der Waals surface area (Å²) in [6, 6.07) is 7.46. The van der Waals surface area contributed by atoms with Crippen LogP contribution < -0.4 is 15.4 Å². The van der Waals surface area contributed by atoms with Crippen molar-refractivity contribution < 1.29 is 13.2 Å². The maximum absolute atomic E-state index is 11.6. The van der Waals surface area contributed by atoms with E-state index in [0.29, 0.717) is 32.3 Å². The maximum atomic E-state index is 11.6. The van der Waals surface area contributed by atoms with Gasteiger partial charge < -0.3 is 15.4 Å². The number of sulfonamides is 1. The van der Waals surface area contributed by atoms with Gasteiger partial charge in [0.2, 0.25) is 10.0 Å². The van der Waals surface area contributed by atoms with Gasteiger partial charge in [0.25, 0.3) is 0 Å². The number of nitrogens with zero attached hydrogens (tertiary/aromatic N) is 1. The molecule has 138 valence electrons. The average molecular weight is 470 g/mol. The van der Waals surface area contributed by atoms with Crippen molar-refractivity contribution in [3.63, 3.8) is 0 Å². The molecule has 0 aliphatic heterocycles. The zero-order valence-corrected chi connectivity index (χ0v) is 17.5. The molecule has 3 N–H and O–H groups in total. The van der Waals surface area contributed by atoms with E-state index < -0.39 is 10.0 Å². The zero-order chi connectivity index (χ0) is 17.1. The highest BCUT2D eigenvalue weighted by atomic mass is 127. The molecule has 0 saturated carbocycles. The van der Waals surface area contributed by atoms with Gasteiger partial charge in [-0.05, 0) is 25.1 Å². The van der Waals surface area contributed by atoms with E-state index >= 15 is 0 Å². The molecule has 1 aromatic rings. The second-order valence-electron chi connectivity index (χ2n) is 4.83. The minimum atomic E-state index is -3.26. The summed E-state index contributed by atoms with van der Waals surface area (Å²) in [5, 5.41) is 6.33. The molecule has 1 aromatic carbocycles. The first kappa shape index (κ1) is 23.1. The number of hydrogen-bond donors (Lipinski definition) is 3. The summed E-state index contributed by atoms with van der Waals surface area (Å²) in [6.07, 6.45) is 0. The molecule has 0 saturated heterocycles. The molecular weight excluding hydrogens is 443 g/mol. The third-order valence-corrected chi connectivity index (χ3v) is 4.42. The molecule has 0 bridgehead atoms. The van der Waals surface area contributed by atoms with Crippen LogP contribution in [0.2, 0.25) is 0 Å². The molecule has 0 radical (unpaired) electrons. The van der Waals surface area contributed by atoms with Gasteiger partial charge in [-0.25, -0.2) is 13.1 Å². The van der Waals surface area contributed by atoms with Crippen LogP contribution in [0.1, 0.15) is 18.1 Å². The van der Waals surface area contributed by atoms with Gasteiger partial charge in [-0.3, -0.25) is 4.99 Å². The second-order valence-corrected chi connectivity index (χ2v) is 6.76. The Bertz CT molecular complexity index is 608. The number of guanidine groups is 1. The van der Waals surface area contributed by atoms with Gasteiger partial charge in [-0.15, -0.1) is 24.0 Å². The first-order chi connectivity index (χ1) is 11.0. The summed E-state index contributed by atoms with van der Waals surface area (Å²) in [5.41, 5.74) is 1.74. The number of hydrogen-bond acceptors (Lipinski definition) is 4. The van der Waals surface area contributed by atoms with Crippen molar-refractivity contribution in [2.24, 2.45) is 4.99 Å². The highest BCUT2D eigenvalue weighted by Gasteiger charge is 2.08. The van der Waals surface area contributed by atoms with Gasteiger partial charge in [-0.1, -0.05) is 24.3 Å². The van der Waals surface area contributed by atoms with Crippen LogP contribution in [0.3, 0.4) is 0 Å². The zero-order valence-electron chi connectivity index (χ0n) is 14.3. The van der Waals surface area contributed by atoms with E-state index in [0.717, 1.165) is 11.1 Å². The number of aliphatic imine (C=N–C) groups is 1. The van der Waals surface area contributed by atoms with Crippen molar-refractivity contribution in [1.29, 1.82) is 0 Å². The van der Waals surface area contributed by atoms with Crippen LogP contribution >= 0.6 is 24.0 Å². The molecule has 0 aromatic heterocycles. The van der Waals surface area contributed by atoms with Gasteiger partial charge in [0.05, 0.1) is 12.4 Å². The van der Waals surface area contributed by atoms with Crippen LogP contribution in [-0.2, 0) is 27.1 Å². The molecule has 0 aliphatic carbocycles. The van der Waals surface area contributed by atoms with Crippen molar-refractivity contribution in [2.75, 3.05) is 33.9 Å². The van der Waals surface area contributed by atoms with E-state index in [1.807, 2.05) is 25.1 Å². The Labute approximate surface area is 161 Å². The van der Waals surface area contributed by atoms with Crippen LogP contribution in [0.4, 0.5) is 0 Å². The topological polar surface area (TPSA) is 91.8 Å². The summed E-state index contributed by atoms with van der Waals surface area (Å²) >= 11 is 0. The molecule has 7 nitrogen and oxygen atoms in total. The van der Waals surface area contributed by atoms with E-state index in [1.54, 1.807) is 13.1 Å². The van der Waals surface area contributed by atoms with Crippen molar-refractivity contribution in [1.82, 2.24) is 15.4 Å². The Morgan fingerprint density at radius 3 is 2.58 bits per heavy atom. The Morgan fingerprint density at radius 2 is 1.96 bits per heavy atom. The van der Waals surface area contributed by atoms with Crippen LogP contribution in [0, 0.1) is 0 Å². The third kappa shape index (κ3) is 9.40. The molecule has 0 aliphatic rings. The van der Waals surface area contributed by atoms with Gasteiger partial charge in [-0.2, -0.15) is 0 Å². The van der Waals surface area contributed by atoms with Crippen molar-refractivity contribution in [2.45, 2.75) is 19.2 Å². The summed E-state index contributed by atoms with van der Waals surface area (Å²) in [4.78, 5) is 4.13. The Hall–Kier alpha value is -0.910. The Kier molecular flexibility index (Phi) is 12.0. The molecule has 0 fully saturated rings. The van der Waals surface area contributed by atoms with Crippen molar-refractivity contribution in [3.8, 4) is 0 Å². The fourth-order valence-electron chi connectivity index (χ4n) is 1.91. The number of halogens is 1. The third-order valence-electron chi connectivity index (χ3n) is 3.09. The fraction of sp³-hybridized carbons (Fsp3) is 0.533. The standard InChI is InChI=1S/C15H26N4O3S.HI/c1-4-22-9-8-18-15(16-2)19-11-13-6-5-7-14(10-13)12-23(20,21)17-3;/h5-7,10,17H,4,8-9,11-12H2,1-3H3,(H2,16,18,19);1H. The summed E-state index contributed by atoms with van der Waals surface area (Å²) in [7, 11) is -0.147. The molecule has 24 heavy (non-hydrogen) atoms. The van der Waals surface area contributed by atoms with E-state index in [-0.39, 0.29) is 29.7 Å². The number of ether oxygens (including phenoxy) is 1. The maximum Gasteiger partial charge on any atom is 0.215 e. The van der Waals surface area contributed by atoms with E-state index in [2.05, 4.69) is 20.3 Å². The number of nitrogens with one attached hydrogen (secondary N) is 3. The summed E-state index contributed by atoms with van der Waals surface area (Å²) in [5.74, 6) is 0.650. The lowest BCUT2D eigenvalue weighted by Crippen LogP contribution is -2.38. The van der Waals surface area contributed by atoms with E-state index in [4.69, 9.17) is 4.74 Å². The smallest absolute Gasteiger partial charge is 0.215 e.